The summed E-state index contributed by atoms with van der Waals surface area (Å²) in [7, 11) is -0.604. The maximum atomic E-state index is 12.7. The predicted molar refractivity (Wildman–Crippen MR) is 131 cm³/mol. The van der Waals surface area contributed by atoms with Crippen LogP contribution in [0.4, 0.5) is 13.2 Å². The number of halogens is 3. The van der Waals surface area contributed by atoms with Crippen molar-refractivity contribution in [2.24, 2.45) is 5.92 Å². The van der Waals surface area contributed by atoms with Crippen molar-refractivity contribution in [2.75, 3.05) is 36.9 Å². The van der Waals surface area contributed by atoms with Gasteiger partial charge in [0.2, 0.25) is 0 Å². The highest BCUT2D eigenvalue weighted by Crippen LogP contribution is 2.46. The molecule has 1 saturated carbocycles. The van der Waals surface area contributed by atoms with Crippen LogP contribution in [-0.2, 0) is 11.5 Å². The van der Waals surface area contributed by atoms with E-state index in [0.717, 1.165) is 47.3 Å². The van der Waals surface area contributed by atoms with Gasteiger partial charge in [-0.05, 0) is 43.6 Å². The van der Waals surface area contributed by atoms with Crippen LogP contribution in [0.1, 0.15) is 37.9 Å². The number of alkyl halides is 3. The van der Waals surface area contributed by atoms with Gasteiger partial charge in [0.15, 0.2) is 11.3 Å². The molecule has 0 aliphatic heterocycles. The molecule has 3 aromatic rings. The molecule has 0 bridgehead atoms. The molecule has 4 rings (SSSR count). The first kappa shape index (κ1) is 24.7. The molecule has 3 aromatic heterocycles. The molecule has 3 heterocycles. The van der Waals surface area contributed by atoms with Crippen molar-refractivity contribution in [1.29, 1.82) is 0 Å². The van der Waals surface area contributed by atoms with Crippen LogP contribution in [0.3, 0.4) is 0 Å². The lowest BCUT2D eigenvalue weighted by atomic mass is 9.93. The van der Waals surface area contributed by atoms with Gasteiger partial charge in [-0.3, -0.25) is 4.40 Å². The normalized spacial score (nSPS) is 22.6. The Morgan fingerprint density at radius 2 is 2.00 bits per heavy atom. The highest BCUT2D eigenvalue weighted by Gasteiger charge is 2.39. The number of ether oxygens (including phenoxy) is 1. The van der Waals surface area contributed by atoms with E-state index in [1.54, 1.807) is 6.20 Å². The van der Waals surface area contributed by atoms with Crippen LogP contribution < -0.4 is 0 Å². The van der Waals surface area contributed by atoms with E-state index < -0.39 is 22.0 Å². The number of rotatable bonds is 9. The Morgan fingerprint density at radius 3 is 2.70 bits per heavy atom. The summed E-state index contributed by atoms with van der Waals surface area (Å²) < 4.78 is 48.1. The fraction of sp³-hybridized carbons (Fsp3) is 0.682. The Hall–Kier alpha value is -1.46. The van der Waals surface area contributed by atoms with Crippen LogP contribution in [-0.4, -0.2) is 72.5 Å². The lowest BCUT2D eigenvalue weighted by Gasteiger charge is -2.24. The van der Waals surface area contributed by atoms with Crippen molar-refractivity contribution < 1.29 is 17.9 Å². The van der Waals surface area contributed by atoms with E-state index in [9.17, 15) is 13.2 Å². The summed E-state index contributed by atoms with van der Waals surface area (Å²) in [6, 6.07) is 1.99. The van der Waals surface area contributed by atoms with Crippen LogP contribution in [0.5, 0.6) is 0 Å². The first-order valence-electron chi connectivity index (χ1n) is 11.2. The zero-order valence-corrected chi connectivity index (χ0v) is 21.1. The minimum atomic E-state index is -4.14. The van der Waals surface area contributed by atoms with Gasteiger partial charge in [-0.15, -0.1) is 22.0 Å². The third-order valence-electron chi connectivity index (χ3n) is 6.23. The summed E-state index contributed by atoms with van der Waals surface area (Å²) in [6.45, 7) is 3.23. The van der Waals surface area contributed by atoms with Gasteiger partial charge in [-0.1, -0.05) is 13.3 Å². The minimum Gasteiger partial charge on any atom is -0.360 e. The number of nitrogens with zero attached hydrogens (tertiary/aromatic N) is 5. The largest absolute Gasteiger partial charge is 0.397 e. The first-order chi connectivity index (χ1) is 15.6. The monoisotopic (exact) mass is 503 g/mol. The van der Waals surface area contributed by atoms with Crippen molar-refractivity contribution in [3.05, 3.63) is 24.3 Å². The zero-order chi connectivity index (χ0) is 23.8. The Balaban J connectivity index is 1.56. The number of aromatic nitrogens is 5. The van der Waals surface area contributed by atoms with Gasteiger partial charge in [-0.25, -0.2) is 15.0 Å². The van der Waals surface area contributed by atoms with E-state index in [2.05, 4.69) is 40.9 Å². The average molecular weight is 504 g/mol. The van der Waals surface area contributed by atoms with E-state index in [4.69, 9.17) is 4.74 Å². The van der Waals surface area contributed by atoms with Crippen LogP contribution in [0.2, 0.25) is 0 Å². The average Bonchev–Trinajstić information content (AvgIpc) is 3.43. The Labute approximate surface area is 198 Å². The fourth-order valence-electron chi connectivity index (χ4n) is 4.53. The minimum absolute atomic E-state index is 0.0193. The Morgan fingerprint density at radius 1 is 1.21 bits per heavy atom. The molecule has 0 radical (unpaired) electrons. The summed E-state index contributed by atoms with van der Waals surface area (Å²) in [4.78, 5) is 4.58. The van der Waals surface area contributed by atoms with E-state index in [1.807, 2.05) is 21.2 Å². The van der Waals surface area contributed by atoms with E-state index in [-0.39, 0.29) is 17.1 Å². The smallest absolute Gasteiger partial charge is 0.360 e. The summed E-state index contributed by atoms with van der Waals surface area (Å²) in [5, 5.41) is 8.80. The maximum Gasteiger partial charge on any atom is 0.397 e. The third-order valence-corrected chi connectivity index (χ3v) is 8.97. The van der Waals surface area contributed by atoms with Crippen molar-refractivity contribution >= 4 is 38.6 Å². The predicted octanol–water partition coefficient (Wildman–Crippen LogP) is 5.31. The second kappa shape index (κ2) is 9.65. The molecular formula is C22H32F3N5OS2. The highest BCUT2D eigenvalue weighted by atomic mass is 32.3. The second-order valence-electron chi connectivity index (χ2n) is 9.63. The lowest BCUT2D eigenvalue weighted by Crippen LogP contribution is -2.14. The standard InChI is InChI=1S/C22H32F3N5OS2/c1-5-15-10-16(32-13-22(23,24)25)11-17(15)20-28-27-19-12-26-21-18(30(19)20)6-7-29(21)14-31-8-9-33(2,3)4/h6-7,12,15-17H,5,8-11,13-14H2,1-4H3. The topological polar surface area (TPSA) is 57.2 Å². The van der Waals surface area contributed by atoms with E-state index in [1.165, 1.54) is 0 Å². The molecule has 1 aliphatic carbocycles. The summed E-state index contributed by atoms with van der Waals surface area (Å²) in [5.41, 5.74) is 2.35. The number of fused-ring (bicyclic) bond motifs is 3. The van der Waals surface area contributed by atoms with E-state index in [0.29, 0.717) is 25.4 Å². The molecule has 0 N–H and O–H groups in total. The molecule has 184 valence electrons. The Kier molecular flexibility index (Phi) is 7.21. The zero-order valence-electron chi connectivity index (χ0n) is 19.5. The SMILES string of the molecule is CCC1CC(SCC(F)(F)F)CC1c1nnc2cnc3c(ccn3COCCS(C)(C)C)n12. The molecule has 6 nitrogen and oxygen atoms in total. The molecule has 0 amide bonds. The summed E-state index contributed by atoms with van der Waals surface area (Å²) >= 11 is 1.02. The van der Waals surface area contributed by atoms with Crippen molar-refractivity contribution in [1.82, 2.24) is 24.1 Å². The van der Waals surface area contributed by atoms with Gasteiger partial charge in [0, 0.05) is 23.1 Å². The molecule has 1 aliphatic rings. The second-order valence-corrected chi connectivity index (χ2v) is 15.5. The fourth-order valence-corrected chi connectivity index (χ4v) is 6.30. The van der Waals surface area contributed by atoms with Crippen molar-refractivity contribution in [3.8, 4) is 0 Å². The maximum absolute atomic E-state index is 12.7. The van der Waals surface area contributed by atoms with Crippen LogP contribution >= 0.6 is 21.8 Å². The molecular weight excluding hydrogens is 471 g/mol. The van der Waals surface area contributed by atoms with Crippen molar-refractivity contribution in [2.45, 2.75) is 50.3 Å². The summed E-state index contributed by atoms with van der Waals surface area (Å²) in [5.74, 6) is 1.45. The third kappa shape index (κ3) is 5.79. The molecule has 1 fully saturated rings. The van der Waals surface area contributed by atoms with Crippen LogP contribution in [0, 0.1) is 5.92 Å². The Bertz CT molecular complexity index is 1090. The number of thioether (sulfide) groups is 1. The highest BCUT2D eigenvalue weighted by molar-refractivity contribution is 8.32. The molecule has 3 unspecified atom stereocenters. The van der Waals surface area contributed by atoms with Crippen molar-refractivity contribution in [3.63, 3.8) is 0 Å². The molecule has 0 aromatic carbocycles. The molecule has 11 heteroatoms. The van der Waals surface area contributed by atoms with Gasteiger partial charge in [0.05, 0.1) is 24.1 Å². The van der Waals surface area contributed by atoms with E-state index >= 15 is 0 Å². The van der Waals surface area contributed by atoms with Crippen LogP contribution in [0.25, 0.3) is 16.8 Å². The van der Waals surface area contributed by atoms with Crippen LogP contribution in [0.15, 0.2) is 18.5 Å². The van der Waals surface area contributed by atoms with Gasteiger partial charge < -0.3 is 9.30 Å². The van der Waals surface area contributed by atoms with Gasteiger partial charge in [-0.2, -0.15) is 13.2 Å². The van der Waals surface area contributed by atoms with Gasteiger partial charge in [0.1, 0.15) is 12.6 Å². The molecule has 0 spiro atoms. The number of hydrogen-bond donors (Lipinski definition) is 0. The first-order valence-corrected chi connectivity index (χ1v) is 15.2. The quantitative estimate of drug-likeness (QED) is 0.370. The molecule has 0 saturated heterocycles. The number of hydrogen-bond acceptors (Lipinski definition) is 5. The molecule has 33 heavy (non-hydrogen) atoms. The van der Waals surface area contributed by atoms with Gasteiger partial charge in [0.25, 0.3) is 0 Å². The summed E-state index contributed by atoms with van der Waals surface area (Å²) in [6.07, 6.45) is 8.70. The van der Waals surface area contributed by atoms with Gasteiger partial charge >= 0.3 is 6.18 Å². The lowest BCUT2D eigenvalue weighted by molar-refractivity contribution is -0.105. The molecule has 3 atom stereocenters.